The molecule has 4 aromatic rings. The fourth-order valence-electron chi connectivity index (χ4n) is 3.83. The Hall–Kier alpha value is -3.98. The molecule has 0 aliphatic carbocycles. The minimum atomic E-state index is -0.629. The Morgan fingerprint density at radius 1 is 0.857 bits per heavy atom. The van der Waals surface area contributed by atoms with Gasteiger partial charge in [-0.2, -0.15) is 4.98 Å². The molecular formula is C26H24N4O4S. The van der Waals surface area contributed by atoms with Gasteiger partial charge in [-0.05, 0) is 17.7 Å². The van der Waals surface area contributed by atoms with Gasteiger partial charge < -0.3 is 24.3 Å². The Kier molecular flexibility index (Phi) is 6.58. The van der Waals surface area contributed by atoms with Crippen LogP contribution >= 0.6 is 11.8 Å². The van der Waals surface area contributed by atoms with E-state index in [1.807, 2.05) is 48.5 Å². The van der Waals surface area contributed by atoms with Gasteiger partial charge in [0.05, 0.1) is 26.9 Å². The molecule has 0 spiro atoms. The molecule has 2 heterocycles. The van der Waals surface area contributed by atoms with Crippen molar-refractivity contribution in [3.63, 3.8) is 0 Å². The lowest BCUT2D eigenvalue weighted by Gasteiger charge is -2.22. The molecule has 0 fully saturated rings. The SMILES string of the molecule is COc1cc(OC)c(C2Nc3ccccc3-c3nnc(SCc4ccccc4)nc3O2)cc1OC. The van der Waals surface area contributed by atoms with Crippen molar-refractivity contribution in [1.29, 1.82) is 0 Å². The van der Waals surface area contributed by atoms with Crippen LogP contribution < -0.4 is 24.3 Å². The van der Waals surface area contributed by atoms with E-state index in [-0.39, 0.29) is 0 Å². The van der Waals surface area contributed by atoms with Gasteiger partial charge in [-0.3, -0.25) is 0 Å². The Labute approximate surface area is 207 Å². The normalized spacial score (nSPS) is 14.0. The van der Waals surface area contributed by atoms with Gasteiger partial charge in [0.25, 0.3) is 0 Å². The lowest BCUT2D eigenvalue weighted by atomic mass is 10.1. The van der Waals surface area contributed by atoms with Crippen LogP contribution in [0.1, 0.15) is 17.4 Å². The number of ether oxygens (including phenoxy) is 4. The lowest BCUT2D eigenvalue weighted by Crippen LogP contribution is -2.18. The van der Waals surface area contributed by atoms with Crippen molar-refractivity contribution in [3.05, 3.63) is 77.9 Å². The molecule has 8 nitrogen and oxygen atoms in total. The molecule has 3 aromatic carbocycles. The van der Waals surface area contributed by atoms with E-state index in [0.717, 1.165) is 22.6 Å². The van der Waals surface area contributed by atoms with Gasteiger partial charge in [-0.1, -0.05) is 60.3 Å². The zero-order valence-electron chi connectivity index (χ0n) is 19.5. The van der Waals surface area contributed by atoms with Crippen molar-refractivity contribution in [3.8, 4) is 34.4 Å². The zero-order valence-corrected chi connectivity index (χ0v) is 20.3. The molecule has 9 heteroatoms. The highest BCUT2D eigenvalue weighted by Crippen LogP contribution is 2.43. The number of anilines is 1. The maximum Gasteiger partial charge on any atom is 0.247 e. The van der Waals surface area contributed by atoms with Gasteiger partial charge in [-0.25, -0.2) is 0 Å². The quantitative estimate of drug-likeness (QED) is 0.345. The Balaban J connectivity index is 1.55. The number of rotatable bonds is 7. The maximum absolute atomic E-state index is 6.42. The summed E-state index contributed by atoms with van der Waals surface area (Å²) in [7, 11) is 4.78. The smallest absolute Gasteiger partial charge is 0.247 e. The van der Waals surface area contributed by atoms with E-state index in [2.05, 4.69) is 27.6 Å². The molecule has 1 N–H and O–H groups in total. The van der Waals surface area contributed by atoms with Crippen molar-refractivity contribution in [2.45, 2.75) is 17.1 Å². The number of methoxy groups -OCH3 is 3. The number of nitrogens with zero attached hydrogens (tertiary/aromatic N) is 3. The first-order valence-electron chi connectivity index (χ1n) is 10.9. The first-order valence-corrected chi connectivity index (χ1v) is 11.9. The molecule has 5 rings (SSSR count). The largest absolute Gasteiger partial charge is 0.496 e. The maximum atomic E-state index is 6.42. The van der Waals surface area contributed by atoms with Crippen LogP contribution in [0, 0.1) is 0 Å². The summed E-state index contributed by atoms with van der Waals surface area (Å²) < 4.78 is 23.0. The zero-order chi connectivity index (χ0) is 24.2. The molecule has 0 bridgehead atoms. The van der Waals surface area contributed by atoms with Crippen molar-refractivity contribution in [2.24, 2.45) is 0 Å². The average Bonchev–Trinajstić information content (AvgIpc) is 3.08. The Morgan fingerprint density at radius 2 is 1.57 bits per heavy atom. The second-order valence-corrected chi connectivity index (χ2v) is 8.60. The van der Waals surface area contributed by atoms with Crippen LogP contribution in [-0.4, -0.2) is 36.5 Å². The van der Waals surface area contributed by atoms with Crippen LogP contribution in [0.15, 0.2) is 71.9 Å². The summed E-state index contributed by atoms with van der Waals surface area (Å²) in [5.41, 5.74) is 4.17. The number of para-hydroxylation sites is 1. The number of nitrogens with one attached hydrogen (secondary N) is 1. The number of hydrogen-bond acceptors (Lipinski definition) is 9. The van der Waals surface area contributed by atoms with Crippen molar-refractivity contribution in [2.75, 3.05) is 26.6 Å². The third-order valence-corrected chi connectivity index (χ3v) is 6.47. The van der Waals surface area contributed by atoms with Crippen LogP contribution in [0.5, 0.6) is 23.1 Å². The number of thioether (sulfide) groups is 1. The highest BCUT2D eigenvalue weighted by molar-refractivity contribution is 7.98. The van der Waals surface area contributed by atoms with E-state index in [1.54, 1.807) is 27.4 Å². The fraction of sp³-hybridized carbons (Fsp3) is 0.192. The van der Waals surface area contributed by atoms with Crippen LogP contribution in [0.3, 0.4) is 0 Å². The molecule has 1 aromatic heterocycles. The average molecular weight is 489 g/mol. The highest BCUT2D eigenvalue weighted by Gasteiger charge is 2.29. The molecule has 0 radical (unpaired) electrons. The third-order valence-electron chi connectivity index (χ3n) is 5.56. The van der Waals surface area contributed by atoms with Crippen LogP contribution in [0.4, 0.5) is 5.69 Å². The van der Waals surface area contributed by atoms with Gasteiger partial charge in [0.15, 0.2) is 17.2 Å². The highest BCUT2D eigenvalue weighted by atomic mass is 32.2. The van der Waals surface area contributed by atoms with Crippen molar-refractivity contribution >= 4 is 17.4 Å². The number of benzene rings is 3. The molecular weight excluding hydrogens is 464 g/mol. The van der Waals surface area contributed by atoms with E-state index in [9.17, 15) is 0 Å². The van der Waals surface area contributed by atoms with Gasteiger partial charge in [0.1, 0.15) is 5.75 Å². The summed E-state index contributed by atoms with van der Waals surface area (Å²) in [6.07, 6.45) is -0.629. The fourth-order valence-corrected chi connectivity index (χ4v) is 4.56. The minimum Gasteiger partial charge on any atom is -0.496 e. The van der Waals surface area contributed by atoms with E-state index in [0.29, 0.717) is 34.0 Å². The van der Waals surface area contributed by atoms with Gasteiger partial charge >= 0.3 is 0 Å². The summed E-state index contributed by atoms with van der Waals surface area (Å²) in [4.78, 5) is 4.73. The van der Waals surface area contributed by atoms with Crippen molar-refractivity contribution in [1.82, 2.24) is 15.2 Å². The second kappa shape index (κ2) is 10.1. The van der Waals surface area contributed by atoms with E-state index < -0.39 is 6.23 Å². The predicted octanol–water partition coefficient (Wildman–Crippen LogP) is 5.36. The van der Waals surface area contributed by atoms with Gasteiger partial charge in [0, 0.05) is 23.1 Å². The monoisotopic (exact) mass is 488 g/mol. The van der Waals surface area contributed by atoms with Crippen LogP contribution in [-0.2, 0) is 5.75 Å². The van der Waals surface area contributed by atoms with E-state index in [1.165, 1.54) is 17.3 Å². The molecule has 178 valence electrons. The molecule has 1 aliphatic heterocycles. The summed E-state index contributed by atoms with van der Waals surface area (Å²) in [6.45, 7) is 0. The second-order valence-electron chi connectivity index (χ2n) is 7.66. The third kappa shape index (κ3) is 4.67. The lowest BCUT2D eigenvalue weighted by molar-refractivity contribution is 0.218. The summed E-state index contributed by atoms with van der Waals surface area (Å²) in [5, 5.41) is 12.8. The standard InChI is InChI=1S/C26H24N4O4S/c1-31-20-14-22(33-3)21(32-2)13-18(20)24-27-19-12-8-7-11-17(19)23-25(34-24)28-26(30-29-23)35-15-16-9-5-4-6-10-16/h4-14,24,27H,15H2,1-3H3. The predicted molar refractivity (Wildman–Crippen MR) is 134 cm³/mol. The molecule has 1 unspecified atom stereocenters. The molecule has 0 saturated carbocycles. The Bertz CT molecular complexity index is 1340. The molecule has 1 atom stereocenters. The van der Waals surface area contributed by atoms with Gasteiger partial charge in [-0.15, -0.1) is 10.2 Å². The number of fused-ring (bicyclic) bond motifs is 3. The van der Waals surface area contributed by atoms with Crippen LogP contribution in [0.2, 0.25) is 0 Å². The molecule has 1 aliphatic rings. The minimum absolute atomic E-state index is 0.384. The topological polar surface area (TPSA) is 87.6 Å². The molecule has 0 saturated heterocycles. The molecule has 0 amide bonds. The van der Waals surface area contributed by atoms with E-state index >= 15 is 0 Å². The summed E-state index contributed by atoms with van der Waals surface area (Å²) in [6, 6.07) is 21.6. The van der Waals surface area contributed by atoms with Gasteiger partial charge in [0.2, 0.25) is 17.3 Å². The first-order chi connectivity index (χ1) is 17.2. The van der Waals surface area contributed by atoms with Crippen LogP contribution in [0.25, 0.3) is 11.3 Å². The number of aromatic nitrogens is 3. The number of hydrogen-bond donors (Lipinski definition) is 1. The van der Waals surface area contributed by atoms with Crippen molar-refractivity contribution < 1.29 is 18.9 Å². The van der Waals surface area contributed by atoms with E-state index in [4.69, 9.17) is 23.9 Å². The summed E-state index contributed by atoms with van der Waals surface area (Å²) >= 11 is 1.50. The summed E-state index contributed by atoms with van der Waals surface area (Å²) in [5.74, 6) is 2.82. The molecule has 35 heavy (non-hydrogen) atoms. The Morgan fingerprint density at radius 3 is 2.34 bits per heavy atom. The first kappa shape index (κ1) is 22.8.